The topological polar surface area (TPSA) is 59.2 Å². The molecule has 0 spiro atoms. The Hall–Kier alpha value is -2.66. The predicted octanol–water partition coefficient (Wildman–Crippen LogP) is 4.36. The molecule has 0 saturated heterocycles. The minimum atomic E-state index is -0.164. The maximum atomic E-state index is 12.7. The highest BCUT2D eigenvalue weighted by Crippen LogP contribution is 2.20. The van der Waals surface area contributed by atoms with Crippen LogP contribution in [0.5, 0.6) is 0 Å². The smallest absolute Gasteiger partial charge is 0.255 e. The van der Waals surface area contributed by atoms with Crippen LogP contribution in [0.3, 0.4) is 0 Å². The van der Waals surface area contributed by atoms with Gasteiger partial charge >= 0.3 is 0 Å². The Morgan fingerprint density at radius 2 is 2.00 bits per heavy atom. The van der Waals surface area contributed by atoms with Crippen LogP contribution in [0, 0.1) is 6.92 Å². The van der Waals surface area contributed by atoms with Crippen molar-refractivity contribution in [3.63, 3.8) is 0 Å². The maximum absolute atomic E-state index is 12.7. The monoisotopic (exact) mass is 355 g/mol. The zero-order valence-corrected chi connectivity index (χ0v) is 14.8. The van der Waals surface area contributed by atoms with Gasteiger partial charge in [-0.2, -0.15) is 4.98 Å². The quantitative estimate of drug-likeness (QED) is 0.682. The van der Waals surface area contributed by atoms with Gasteiger partial charge in [-0.1, -0.05) is 52.7 Å². The molecule has 128 valence electrons. The zero-order chi connectivity index (χ0) is 17.8. The Labute approximate surface area is 151 Å². The number of amides is 1. The summed E-state index contributed by atoms with van der Waals surface area (Å²) in [6.45, 7) is 4.64. The van der Waals surface area contributed by atoms with Crippen molar-refractivity contribution in [1.29, 1.82) is 0 Å². The molecule has 0 bridgehead atoms. The molecule has 25 heavy (non-hydrogen) atoms. The first-order chi connectivity index (χ1) is 12.1. The van der Waals surface area contributed by atoms with Crippen LogP contribution in [0.4, 0.5) is 0 Å². The van der Waals surface area contributed by atoms with E-state index in [0.29, 0.717) is 28.8 Å². The Kier molecular flexibility index (Phi) is 5.14. The van der Waals surface area contributed by atoms with E-state index in [1.807, 2.05) is 38.1 Å². The van der Waals surface area contributed by atoms with Gasteiger partial charge in [0.2, 0.25) is 11.7 Å². The van der Waals surface area contributed by atoms with Gasteiger partial charge in [0.25, 0.3) is 5.91 Å². The van der Waals surface area contributed by atoms with Gasteiger partial charge in [-0.05, 0) is 32.0 Å². The lowest BCUT2D eigenvalue weighted by atomic mass is 10.1. The van der Waals surface area contributed by atoms with E-state index in [9.17, 15) is 4.79 Å². The number of aromatic nitrogens is 2. The first kappa shape index (κ1) is 17.2. The largest absolute Gasteiger partial charge is 0.337 e. The number of nitrogens with zero attached hydrogens (tertiary/aromatic N) is 3. The normalized spacial score (nSPS) is 10.7. The fourth-order valence-corrected chi connectivity index (χ4v) is 2.73. The van der Waals surface area contributed by atoms with E-state index < -0.39 is 0 Å². The van der Waals surface area contributed by atoms with Crippen LogP contribution in [0.25, 0.3) is 11.4 Å². The van der Waals surface area contributed by atoms with Gasteiger partial charge in [0, 0.05) is 12.1 Å². The van der Waals surface area contributed by atoms with Crippen LogP contribution in [-0.2, 0) is 6.54 Å². The molecular formula is C19H18ClN3O2. The molecule has 1 aromatic heterocycles. The number of carbonyl (C=O) groups is 1. The Morgan fingerprint density at radius 3 is 2.72 bits per heavy atom. The third-order valence-corrected chi connectivity index (χ3v) is 4.17. The minimum absolute atomic E-state index is 0.164. The highest BCUT2D eigenvalue weighted by Gasteiger charge is 2.20. The summed E-state index contributed by atoms with van der Waals surface area (Å²) in [5.41, 5.74) is 2.47. The number of benzene rings is 2. The Bertz CT molecular complexity index is 892. The van der Waals surface area contributed by atoms with Gasteiger partial charge in [0.15, 0.2) is 0 Å². The summed E-state index contributed by atoms with van der Waals surface area (Å²) in [4.78, 5) is 18.7. The SMILES string of the molecule is CCN(Cc1nc(-c2cccc(C)c2)no1)C(=O)c1ccccc1Cl. The molecule has 0 aliphatic carbocycles. The summed E-state index contributed by atoms with van der Waals surface area (Å²) in [7, 11) is 0. The van der Waals surface area contributed by atoms with Crippen LogP contribution in [0.15, 0.2) is 53.1 Å². The number of hydrogen-bond acceptors (Lipinski definition) is 4. The van der Waals surface area contributed by atoms with Crippen molar-refractivity contribution >= 4 is 17.5 Å². The summed E-state index contributed by atoms with van der Waals surface area (Å²) >= 11 is 6.12. The minimum Gasteiger partial charge on any atom is -0.337 e. The molecular weight excluding hydrogens is 338 g/mol. The van der Waals surface area contributed by atoms with Crippen molar-refractivity contribution in [1.82, 2.24) is 15.0 Å². The fourth-order valence-electron chi connectivity index (χ4n) is 2.52. The molecule has 0 radical (unpaired) electrons. The van der Waals surface area contributed by atoms with E-state index in [1.165, 1.54) is 0 Å². The van der Waals surface area contributed by atoms with Gasteiger partial charge < -0.3 is 9.42 Å². The molecule has 1 heterocycles. The molecule has 0 atom stereocenters. The molecule has 5 nitrogen and oxygen atoms in total. The summed E-state index contributed by atoms with van der Waals surface area (Å²) in [5, 5.41) is 4.44. The molecule has 0 unspecified atom stereocenters. The summed E-state index contributed by atoms with van der Waals surface area (Å²) < 4.78 is 5.32. The Morgan fingerprint density at radius 1 is 1.20 bits per heavy atom. The average Bonchev–Trinajstić information content (AvgIpc) is 3.08. The van der Waals surface area contributed by atoms with Crippen LogP contribution < -0.4 is 0 Å². The van der Waals surface area contributed by atoms with E-state index in [1.54, 1.807) is 29.2 Å². The van der Waals surface area contributed by atoms with Gasteiger partial charge in [-0.15, -0.1) is 0 Å². The average molecular weight is 356 g/mol. The molecule has 0 aliphatic rings. The van der Waals surface area contributed by atoms with E-state index in [-0.39, 0.29) is 12.5 Å². The third kappa shape index (κ3) is 3.88. The number of carbonyl (C=O) groups excluding carboxylic acids is 1. The van der Waals surface area contributed by atoms with Gasteiger partial charge in [-0.25, -0.2) is 0 Å². The lowest BCUT2D eigenvalue weighted by Gasteiger charge is -2.19. The van der Waals surface area contributed by atoms with Crippen molar-refractivity contribution in [2.45, 2.75) is 20.4 Å². The van der Waals surface area contributed by atoms with Crippen molar-refractivity contribution in [3.05, 3.63) is 70.6 Å². The van der Waals surface area contributed by atoms with E-state index in [0.717, 1.165) is 11.1 Å². The summed E-state index contributed by atoms with van der Waals surface area (Å²) in [6.07, 6.45) is 0. The number of aryl methyl sites for hydroxylation is 1. The van der Waals surface area contributed by atoms with Crippen molar-refractivity contribution in [2.75, 3.05) is 6.54 Å². The fraction of sp³-hybridized carbons (Fsp3) is 0.211. The van der Waals surface area contributed by atoms with Gasteiger partial charge in [-0.3, -0.25) is 4.79 Å². The molecule has 3 rings (SSSR count). The third-order valence-electron chi connectivity index (χ3n) is 3.84. The second kappa shape index (κ2) is 7.49. The molecule has 0 fully saturated rings. The molecule has 3 aromatic rings. The van der Waals surface area contributed by atoms with Gasteiger partial charge in [0.05, 0.1) is 10.6 Å². The van der Waals surface area contributed by atoms with Crippen molar-refractivity contribution in [2.24, 2.45) is 0 Å². The second-order valence-electron chi connectivity index (χ2n) is 5.68. The predicted molar refractivity (Wildman–Crippen MR) is 96.3 cm³/mol. The van der Waals surface area contributed by atoms with Gasteiger partial charge in [0.1, 0.15) is 6.54 Å². The standard InChI is InChI=1S/C19H18ClN3O2/c1-3-23(19(24)15-9-4-5-10-16(15)20)12-17-21-18(22-25-17)14-8-6-7-13(2)11-14/h4-11H,3,12H2,1-2H3. The van der Waals surface area contributed by atoms with E-state index >= 15 is 0 Å². The molecule has 2 aromatic carbocycles. The van der Waals surface area contributed by atoms with Crippen LogP contribution in [-0.4, -0.2) is 27.5 Å². The van der Waals surface area contributed by atoms with Crippen LogP contribution in [0.2, 0.25) is 5.02 Å². The summed E-state index contributed by atoms with van der Waals surface area (Å²) in [5.74, 6) is 0.738. The maximum Gasteiger partial charge on any atom is 0.255 e. The lowest BCUT2D eigenvalue weighted by Crippen LogP contribution is -2.30. The van der Waals surface area contributed by atoms with Crippen LogP contribution in [0.1, 0.15) is 28.7 Å². The molecule has 1 amide bonds. The van der Waals surface area contributed by atoms with Crippen LogP contribution >= 0.6 is 11.6 Å². The number of rotatable bonds is 5. The molecule has 6 heteroatoms. The van der Waals surface area contributed by atoms with Crippen molar-refractivity contribution < 1.29 is 9.32 Å². The molecule has 0 saturated carbocycles. The first-order valence-corrected chi connectivity index (χ1v) is 8.39. The van der Waals surface area contributed by atoms with E-state index in [2.05, 4.69) is 10.1 Å². The highest BCUT2D eigenvalue weighted by atomic mass is 35.5. The summed E-state index contributed by atoms with van der Waals surface area (Å²) in [6, 6.07) is 14.8. The Balaban J connectivity index is 1.79. The number of halogens is 1. The molecule has 0 N–H and O–H groups in total. The van der Waals surface area contributed by atoms with Crippen molar-refractivity contribution in [3.8, 4) is 11.4 Å². The first-order valence-electron chi connectivity index (χ1n) is 8.02. The highest BCUT2D eigenvalue weighted by molar-refractivity contribution is 6.33. The molecule has 0 aliphatic heterocycles. The number of hydrogen-bond donors (Lipinski definition) is 0. The zero-order valence-electron chi connectivity index (χ0n) is 14.1. The van der Waals surface area contributed by atoms with E-state index in [4.69, 9.17) is 16.1 Å². The lowest BCUT2D eigenvalue weighted by molar-refractivity contribution is 0.0734. The second-order valence-corrected chi connectivity index (χ2v) is 6.09.